The Balaban J connectivity index is 1.70. The zero-order valence-electron chi connectivity index (χ0n) is 16.2. The van der Waals surface area contributed by atoms with Crippen LogP contribution in [0.2, 0.25) is 0 Å². The first-order valence-electron chi connectivity index (χ1n) is 9.41. The van der Waals surface area contributed by atoms with Gasteiger partial charge in [-0.1, -0.05) is 48.0 Å². The van der Waals surface area contributed by atoms with Crippen LogP contribution in [0.25, 0.3) is 0 Å². The van der Waals surface area contributed by atoms with Crippen molar-refractivity contribution in [1.82, 2.24) is 9.62 Å². The molecule has 0 aliphatic carbocycles. The minimum atomic E-state index is -3.14. The van der Waals surface area contributed by atoms with E-state index in [9.17, 15) is 13.2 Å². The molecule has 0 spiro atoms. The van der Waals surface area contributed by atoms with E-state index in [0.717, 1.165) is 16.0 Å². The molecule has 5 nitrogen and oxygen atoms in total. The zero-order valence-corrected chi connectivity index (χ0v) is 17.9. The Hall–Kier alpha value is -1.83. The summed E-state index contributed by atoms with van der Waals surface area (Å²) in [6.07, 6.45) is 0.658. The molecule has 1 heterocycles. The predicted molar refractivity (Wildman–Crippen MR) is 114 cm³/mol. The molecule has 1 saturated heterocycles. The van der Waals surface area contributed by atoms with Crippen LogP contribution in [-0.4, -0.2) is 44.0 Å². The summed E-state index contributed by atoms with van der Waals surface area (Å²) in [6.45, 7) is 5.28. The van der Waals surface area contributed by atoms with Gasteiger partial charge in [0.15, 0.2) is 0 Å². The number of thioether (sulfide) groups is 1. The monoisotopic (exact) mass is 418 g/mol. The molecular weight excluding hydrogens is 392 g/mol. The molecule has 1 aliphatic rings. The Morgan fingerprint density at radius 1 is 1.18 bits per heavy atom. The Morgan fingerprint density at radius 3 is 2.57 bits per heavy atom. The maximum atomic E-state index is 13.0. The van der Waals surface area contributed by atoms with Gasteiger partial charge in [-0.2, -0.15) is 0 Å². The van der Waals surface area contributed by atoms with E-state index in [4.69, 9.17) is 0 Å². The number of sulfonamides is 1. The second-order valence-corrected chi connectivity index (χ2v) is 10.3. The Bertz CT molecular complexity index is 930. The molecule has 2 aromatic rings. The number of rotatable bonds is 7. The number of carbonyl (C=O) groups is 1. The summed E-state index contributed by atoms with van der Waals surface area (Å²) in [5.41, 5.74) is 3.26. The Labute approximate surface area is 171 Å². The van der Waals surface area contributed by atoms with Crippen molar-refractivity contribution in [2.75, 3.05) is 25.4 Å². The quantitative estimate of drug-likeness (QED) is 0.701. The van der Waals surface area contributed by atoms with Gasteiger partial charge in [-0.3, -0.25) is 4.79 Å². The summed E-state index contributed by atoms with van der Waals surface area (Å²) in [4.78, 5) is 14.0. The van der Waals surface area contributed by atoms with Gasteiger partial charge < -0.3 is 5.32 Å². The minimum Gasteiger partial charge on any atom is -0.354 e. The number of amides is 1. The Morgan fingerprint density at radius 2 is 1.93 bits per heavy atom. The van der Waals surface area contributed by atoms with E-state index < -0.39 is 15.3 Å². The highest BCUT2D eigenvalue weighted by atomic mass is 32.2. The fourth-order valence-corrected chi connectivity index (χ4v) is 5.96. The average molecular weight is 419 g/mol. The number of nitrogens with one attached hydrogen (secondary N) is 1. The maximum absolute atomic E-state index is 13.0. The Kier molecular flexibility index (Phi) is 6.80. The molecule has 0 aromatic heterocycles. The molecule has 150 valence electrons. The van der Waals surface area contributed by atoms with Gasteiger partial charge in [-0.25, -0.2) is 12.7 Å². The van der Waals surface area contributed by atoms with Crippen molar-refractivity contribution in [3.63, 3.8) is 0 Å². The van der Waals surface area contributed by atoms with Gasteiger partial charge in [0.25, 0.3) is 0 Å². The normalized spacial score (nSPS) is 17.4. The standard InChI is InChI=1S/C21H26N2O3S2/c1-16-9-10-19(17(2)15-16)27-20(18-7-4-3-5-8-18)21(24)22-11-13-23-12-6-14-28(23,25)26/h3-5,7-10,15,20H,6,11-14H2,1-2H3,(H,22,24). The van der Waals surface area contributed by atoms with E-state index in [1.54, 1.807) is 0 Å². The van der Waals surface area contributed by atoms with Crippen LogP contribution >= 0.6 is 11.8 Å². The van der Waals surface area contributed by atoms with Crippen LogP contribution < -0.4 is 5.32 Å². The zero-order chi connectivity index (χ0) is 20.1. The molecule has 1 atom stereocenters. The first-order chi connectivity index (χ1) is 13.4. The van der Waals surface area contributed by atoms with Crippen molar-refractivity contribution in [3.8, 4) is 0 Å². The van der Waals surface area contributed by atoms with Gasteiger partial charge in [0.05, 0.1) is 5.75 Å². The molecule has 0 bridgehead atoms. The van der Waals surface area contributed by atoms with Gasteiger partial charge >= 0.3 is 0 Å². The highest BCUT2D eigenvalue weighted by molar-refractivity contribution is 8.00. The van der Waals surface area contributed by atoms with Crippen LogP contribution in [0, 0.1) is 13.8 Å². The first-order valence-corrected chi connectivity index (χ1v) is 11.9. The third-order valence-corrected chi connectivity index (χ3v) is 8.17. The fourth-order valence-electron chi connectivity index (χ4n) is 3.30. The molecule has 28 heavy (non-hydrogen) atoms. The lowest BCUT2D eigenvalue weighted by Gasteiger charge is -2.20. The van der Waals surface area contributed by atoms with Crippen molar-refractivity contribution in [2.45, 2.75) is 30.4 Å². The summed E-state index contributed by atoms with van der Waals surface area (Å²) in [6, 6.07) is 15.9. The number of carbonyl (C=O) groups excluding carboxylic acids is 1. The smallest absolute Gasteiger partial charge is 0.238 e. The van der Waals surface area contributed by atoms with Crippen LogP contribution in [0.1, 0.15) is 28.4 Å². The van der Waals surface area contributed by atoms with E-state index in [1.807, 2.05) is 43.3 Å². The number of hydrogen-bond donors (Lipinski definition) is 1. The molecule has 1 amide bonds. The topological polar surface area (TPSA) is 66.5 Å². The maximum Gasteiger partial charge on any atom is 0.238 e. The second kappa shape index (κ2) is 9.11. The minimum absolute atomic E-state index is 0.104. The molecule has 1 aliphatic heterocycles. The van der Waals surface area contributed by atoms with E-state index in [1.165, 1.54) is 21.6 Å². The van der Waals surface area contributed by atoms with Gasteiger partial charge in [-0.05, 0) is 37.5 Å². The average Bonchev–Trinajstić information content (AvgIpc) is 3.00. The fraction of sp³-hybridized carbons (Fsp3) is 0.381. The van der Waals surface area contributed by atoms with Crippen molar-refractivity contribution in [1.29, 1.82) is 0 Å². The van der Waals surface area contributed by atoms with E-state index >= 15 is 0 Å². The van der Waals surface area contributed by atoms with Crippen molar-refractivity contribution < 1.29 is 13.2 Å². The van der Waals surface area contributed by atoms with Gasteiger partial charge in [-0.15, -0.1) is 11.8 Å². The number of nitrogens with zero attached hydrogens (tertiary/aromatic N) is 1. The lowest BCUT2D eigenvalue weighted by molar-refractivity contribution is -0.120. The van der Waals surface area contributed by atoms with Crippen molar-refractivity contribution in [2.24, 2.45) is 0 Å². The molecule has 1 unspecified atom stereocenters. The van der Waals surface area contributed by atoms with Crippen LogP contribution in [0.15, 0.2) is 53.4 Å². The van der Waals surface area contributed by atoms with Gasteiger partial charge in [0.1, 0.15) is 5.25 Å². The number of benzene rings is 2. The summed E-state index contributed by atoms with van der Waals surface area (Å²) in [7, 11) is -3.14. The molecule has 3 rings (SSSR count). The lowest BCUT2D eigenvalue weighted by atomic mass is 10.1. The summed E-state index contributed by atoms with van der Waals surface area (Å²) < 4.78 is 25.3. The van der Waals surface area contributed by atoms with Gasteiger partial charge in [0, 0.05) is 24.5 Å². The lowest BCUT2D eigenvalue weighted by Crippen LogP contribution is -2.37. The largest absolute Gasteiger partial charge is 0.354 e. The molecule has 7 heteroatoms. The van der Waals surface area contributed by atoms with Crippen LogP contribution in [0.4, 0.5) is 0 Å². The predicted octanol–water partition coefficient (Wildman–Crippen LogP) is 3.29. The van der Waals surface area contributed by atoms with E-state index in [0.29, 0.717) is 26.1 Å². The third kappa shape index (κ3) is 5.16. The number of hydrogen-bond acceptors (Lipinski definition) is 4. The highest BCUT2D eigenvalue weighted by Gasteiger charge is 2.28. The molecule has 0 radical (unpaired) electrons. The summed E-state index contributed by atoms with van der Waals surface area (Å²) in [5.74, 6) is 0.101. The van der Waals surface area contributed by atoms with E-state index in [2.05, 4.69) is 24.4 Å². The number of aryl methyl sites for hydroxylation is 2. The molecular formula is C21H26N2O3S2. The van der Waals surface area contributed by atoms with Crippen molar-refractivity contribution >= 4 is 27.7 Å². The summed E-state index contributed by atoms with van der Waals surface area (Å²) in [5, 5.41) is 2.54. The molecule has 1 fully saturated rings. The molecule has 2 aromatic carbocycles. The second-order valence-electron chi connectivity index (χ2n) is 7.04. The third-order valence-electron chi connectivity index (χ3n) is 4.78. The van der Waals surface area contributed by atoms with Crippen LogP contribution in [0.5, 0.6) is 0 Å². The molecule has 0 saturated carbocycles. The van der Waals surface area contributed by atoms with Crippen LogP contribution in [-0.2, 0) is 14.8 Å². The SMILES string of the molecule is Cc1ccc(SC(C(=O)NCCN2CCCS2(=O)=O)c2ccccc2)c(C)c1. The van der Waals surface area contributed by atoms with E-state index in [-0.39, 0.29) is 11.7 Å². The molecule has 1 N–H and O–H groups in total. The van der Waals surface area contributed by atoms with Crippen LogP contribution in [0.3, 0.4) is 0 Å². The summed E-state index contributed by atoms with van der Waals surface area (Å²) >= 11 is 1.52. The van der Waals surface area contributed by atoms with Crippen molar-refractivity contribution in [3.05, 3.63) is 65.2 Å². The van der Waals surface area contributed by atoms with Gasteiger partial charge in [0.2, 0.25) is 15.9 Å². The first kappa shape index (κ1) is 20.9. The highest BCUT2D eigenvalue weighted by Crippen LogP contribution is 2.37.